The Labute approximate surface area is 318 Å². The van der Waals surface area contributed by atoms with Gasteiger partial charge < -0.3 is 38.5 Å². The molecular formula is C44H52FNO8. The predicted octanol–water partition coefficient (Wildman–Crippen LogP) is 8.12. The number of amides is 1. The normalized spacial score (nSPS) is 21.1. The number of rotatable bonds is 19. The van der Waals surface area contributed by atoms with E-state index in [-0.39, 0.29) is 33.0 Å². The zero-order valence-electron chi connectivity index (χ0n) is 31.3. The number of hydrogen-bond donors (Lipinski definition) is 1. The van der Waals surface area contributed by atoms with Gasteiger partial charge in [-0.25, -0.2) is 9.18 Å². The van der Waals surface area contributed by atoms with Crippen LogP contribution in [0.15, 0.2) is 134 Å². The second-order valence-electron chi connectivity index (χ2n) is 14.1. The first-order valence-corrected chi connectivity index (χ1v) is 18.3. The van der Waals surface area contributed by atoms with Gasteiger partial charge in [0.2, 0.25) is 0 Å². The molecular weight excluding hydrogens is 689 g/mol. The van der Waals surface area contributed by atoms with Crippen molar-refractivity contribution in [3.8, 4) is 0 Å². The van der Waals surface area contributed by atoms with Gasteiger partial charge in [-0.1, -0.05) is 127 Å². The van der Waals surface area contributed by atoms with E-state index in [9.17, 15) is 4.79 Å². The van der Waals surface area contributed by atoms with Gasteiger partial charge in [0.05, 0.1) is 45.7 Å². The fourth-order valence-corrected chi connectivity index (χ4v) is 5.92. The van der Waals surface area contributed by atoms with E-state index in [0.717, 1.165) is 28.3 Å². The molecule has 4 aromatic rings. The number of benzene rings is 4. The lowest BCUT2D eigenvalue weighted by molar-refractivity contribution is -0.329. The van der Waals surface area contributed by atoms with Crippen LogP contribution in [0.4, 0.5) is 9.18 Å². The summed E-state index contributed by atoms with van der Waals surface area (Å²) in [6.45, 7) is 9.69. The number of carbonyl (C=O) groups is 1. The van der Waals surface area contributed by atoms with Crippen LogP contribution < -0.4 is 5.32 Å². The van der Waals surface area contributed by atoms with Crippen LogP contribution in [-0.4, -0.2) is 67.8 Å². The third kappa shape index (κ3) is 13.2. The van der Waals surface area contributed by atoms with Crippen molar-refractivity contribution in [3.05, 3.63) is 156 Å². The molecule has 4 aromatic carbocycles. The summed E-state index contributed by atoms with van der Waals surface area (Å²) in [7, 11) is 0. The molecule has 0 aromatic heterocycles. The molecule has 7 atom stereocenters. The van der Waals surface area contributed by atoms with Gasteiger partial charge in [-0.3, -0.25) is 0 Å². The van der Waals surface area contributed by atoms with E-state index in [1.165, 1.54) is 0 Å². The highest BCUT2D eigenvalue weighted by molar-refractivity contribution is 5.68. The summed E-state index contributed by atoms with van der Waals surface area (Å²) in [6, 6.07) is 38.1. The monoisotopic (exact) mass is 741 g/mol. The van der Waals surface area contributed by atoms with E-state index >= 15 is 4.39 Å². The van der Waals surface area contributed by atoms with E-state index in [0.29, 0.717) is 6.61 Å². The third-order valence-electron chi connectivity index (χ3n) is 8.59. The van der Waals surface area contributed by atoms with Crippen molar-refractivity contribution in [2.45, 2.75) is 95.7 Å². The van der Waals surface area contributed by atoms with E-state index in [1.54, 1.807) is 20.8 Å². The van der Waals surface area contributed by atoms with Gasteiger partial charge in [-0.15, -0.1) is 6.58 Å². The van der Waals surface area contributed by atoms with Gasteiger partial charge in [-0.05, 0) is 43.0 Å². The molecule has 1 N–H and O–H groups in total. The standard InChI is InChI=1S/C44H52FNO8/c1-5-36(45)37(46-43(47)54-44(2,3)4)30-52-42-41(51-29-35-24-16-9-17-25-35)40(50-28-34-22-14-8-15-23-34)39(49-27-33-20-12-7-13-21-33)38(53-42)31-48-26-32-18-10-6-11-19-32/h5-25,36-42H,1,26-31H2,2-4H3,(H,46,47)/t36-,37+,38?,39+,40?,41-,42-/m1/s1. The predicted molar refractivity (Wildman–Crippen MR) is 204 cm³/mol. The molecule has 1 aliphatic heterocycles. The largest absolute Gasteiger partial charge is 0.444 e. The number of hydrogen-bond acceptors (Lipinski definition) is 8. The smallest absolute Gasteiger partial charge is 0.408 e. The lowest BCUT2D eigenvalue weighted by Gasteiger charge is -2.46. The Morgan fingerprint density at radius 2 is 1.15 bits per heavy atom. The molecule has 54 heavy (non-hydrogen) atoms. The maximum absolute atomic E-state index is 15.3. The molecule has 0 saturated carbocycles. The zero-order valence-corrected chi connectivity index (χ0v) is 31.3. The molecule has 288 valence electrons. The Kier molecular flexibility index (Phi) is 15.8. The van der Waals surface area contributed by atoms with Crippen LogP contribution in [0, 0.1) is 0 Å². The van der Waals surface area contributed by atoms with Crippen LogP contribution in [0.5, 0.6) is 0 Å². The summed E-state index contributed by atoms with van der Waals surface area (Å²) >= 11 is 0. The van der Waals surface area contributed by atoms with Crippen LogP contribution in [0.25, 0.3) is 0 Å². The number of alkyl carbamates (subject to hydrolysis) is 1. The summed E-state index contributed by atoms with van der Waals surface area (Å²) < 4.78 is 60.1. The van der Waals surface area contributed by atoms with Crippen molar-refractivity contribution in [2.24, 2.45) is 0 Å². The number of ether oxygens (including phenoxy) is 7. The van der Waals surface area contributed by atoms with Gasteiger partial charge in [0.15, 0.2) is 6.29 Å². The molecule has 1 fully saturated rings. The summed E-state index contributed by atoms with van der Waals surface area (Å²) in [5.41, 5.74) is 3.06. The molecule has 0 aliphatic carbocycles. The molecule has 1 amide bonds. The Morgan fingerprint density at radius 1 is 0.704 bits per heavy atom. The summed E-state index contributed by atoms with van der Waals surface area (Å²) in [6.07, 6.45) is -5.38. The van der Waals surface area contributed by atoms with Crippen LogP contribution >= 0.6 is 0 Å². The van der Waals surface area contributed by atoms with Gasteiger partial charge in [0.1, 0.15) is 36.2 Å². The quantitative estimate of drug-likeness (QED) is 0.0964. The van der Waals surface area contributed by atoms with Crippen LogP contribution in [-0.2, 0) is 59.6 Å². The van der Waals surface area contributed by atoms with Gasteiger partial charge in [0, 0.05) is 0 Å². The Morgan fingerprint density at radius 3 is 1.61 bits per heavy atom. The first kappa shape index (κ1) is 40.8. The Hall–Kier alpha value is -4.42. The highest BCUT2D eigenvalue weighted by Gasteiger charge is 2.49. The summed E-state index contributed by atoms with van der Waals surface area (Å²) in [5.74, 6) is 0. The third-order valence-corrected chi connectivity index (χ3v) is 8.59. The molecule has 0 radical (unpaired) electrons. The first-order valence-electron chi connectivity index (χ1n) is 18.3. The maximum atomic E-state index is 15.3. The second kappa shape index (κ2) is 20.9. The molecule has 10 heteroatoms. The highest BCUT2D eigenvalue weighted by atomic mass is 19.1. The van der Waals surface area contributed by atoms with Gasteiger partial charge in [-0.2, -0.15) is 0 Å². The van der Waals surface area contributed by atoms with E-state index < -0.39 is 54.6 Å². The first-order chi connectivity index (χ1) is 26.2. The number of halogens is 1. The highest BCUT2D eigenvalue weighted by Crippen LogP contribution is 2.32. The van der Waals surface area contributed by atoms with Crippen molar-refractivity contribution < 1.29 is 42.3 Å². The minimum absolute atomic E-state index is 0.128. The number of carbonyl (C=O) groups excluding carboxylic acids is 1. The van der Waals surface area contributed by atoms with E-state index in [2.05, 4.69) is 11.9 Å². The van der Waals surface area contributed by atoms with E-state index in [4.69, 9.17) is 33.2 Å². The van der Waals surface area contributed by atoms with Crippen molar-refractivity contribution in [3.63, 3.8) is 0 Å². The average Bonchev–Trinajstić information content (AvgIpc) is 3.18. The topological polar surface area (TPSA) is 93.7 Å². The molecule has 1 saturated heterocycles. The van der Waals surface area contributed by atoms with Crippen molar-refractivity contribution in [1.29, 1.82) is 0 Å². The molecule has 5 rings (SSSR count). The zero-order chi connectivity index (χ0) is 38.2. The van der Waals surface area contributed by atoms with Crippen LogP contribution in [0.1, 0.15) is 43.0 Å². The number of alkyl halides is 1. The fourth-order valence-electron chi connectivity index (χ4n) is 5.92. The molecule has 1 heterocycles. The Balaban J connectivity index is 1.46. The average molecular weight is 742 g/mol. The van der Waals surface area contributed by atoms with Crippen molar-refractivity contribution in [2.75, 3.05) is 13.2 Å². The lowest BCUT2D eigenvalue weighted by atomic mass is 9.97. The maximum Gasteiger partial charge on any atom is 0.408 e. The molecule has 0 spiro atoms. The van der Waals surface area contributed by atoms with Crippen molar-refractivity contribution >= 4 is 6.09 Å². The minimum atomic E-state index is -1.65. The summed E-state index contributed by atoms with van der Waals surface area (Å²) in [5, 5.41) is 2.60. The second-order valence-corrected chi connectivity index (χ2v) is 14.1. The number of nitrogens with one attached hydrogen (secondary N) is 1. The molecule has 2 unspecified atom stereocenters. The summed E-state index contributed by atoms with van der Waals surface area (Å²) in [4.78, 5) is 12.8. The minimum Gasteiger partial charge on any atom is -0.444 e. The van der Waals surface area contributed by atoms with Gasteiger partial charge in [0.25, 0.3) is 0 Å². The Bertz CT molecular complexity index is 1660. The molecule has 9 nitrogen and oxygen atoms in total. The lowest BCUT2D eigenvalue weighted by Crippen LogP contribution is -2.62. The fraction of sp³-hybridized carbons (Fsp3) is 0.386. The van der Waals surface area contributed by atoms with Crippen molar-refractivity contribution in [1.82, 2.24) is 5.32 Å². The van der Waals surface area contributed by atoms with Crippen LogP contribution in [0.3, 0.4) is 0 Å². The van der Waals surface area contributed by atoms with E-state index in [1.807, 2.05) is 121 Å². The molecule has 1 aliphatic rings. The van der Waals surface area contributed by atoms with Gasteiger partial charge >= 0.3 is 6.09 Å². The SMILES string of the molecule is C=C[C@@H](F)[C@H](CO[C@@H]1OC(COCc2ccccc2)[C@H](OCc2ccccc2)C(OCc2ccccc2)[C@H]1OCc1ccccc1)NC(=O)OC(C)(C)C. The van der Waals surface area contributed by atoms with Crippen LogP contribution in [0.2, 0.25) is 0 Å². The molecule has 0 bridgehead atoms.